The van der Waals surface area contributed by atoms with Gasteiger partial charge in [-0.1, -0.05) is 18.2 Å². The van der Waals surface area contributed by atoms with Gasteiger partial charge in [0.15, 0.2) is 6.61 Å². The Morgan fingerprint density at radius 1 is 1.14 bits per heavy atom. The monoisotopic (exact) mass is 412 g/mol. The van der Waals surface area contributed by atoms with Gasteiger partial charge in [-0.2, -0.15) is 0 Å². The lowest BCUT2D eigenvalue weighted by Gasteiger charge is -2.25. The molecule has 0 bridgehead atoms. The minimum atomic E-state index is -1.11. The van der Waals surface area contributed by atoms with Crippen molar-refractivity contribution in [1.29, 1.82) is 0 Å². The van der Waals surface area contributed by atoms with E-state index in [1.807, 2.05) is 17.5 Å². The second-order valence-corrected chi connectivity index (χ2v) is 8.05. The van der Waals surface area contributed by atoms with Crippen LogP contribution in [0.1, 0.15) is 51.4 Å². The van der Waals surface area contributed by atoms with Gasteiger partial charge in [0.1, 0.15) is 6.04 Å². The molecule has 2 atom stereocenters. The Morgan fingerprint density at radius 3 is 2.45 bits per heavy atom. The number of benzene rings is 1. The molecule has 2 unspecified atom stereocenters. The van der Waals surface area contributed by atoms with E-state index in [1.54, 1.807) is 40.5 Å². The highest BCUT2D eigenvalue weighted by Crippen LogP contribution is 2.34. The fraction of sp³-hybridized carbons (Fsp3) is 0.333. The normalized spacial score (nSPS) is 19.4. The minimum absolute atomic E-state index is 0.00913. The summed E-state index contributed by atoms with van der Waals surface area (Å²) in [6, 6.07) is 9.27. The molecule has 0 spiro atoms. The summed E-state index contributed by atoms with van der Waals surface area (Å²) < 4.78 is 5.18. The van der Waals surface area contributed by atoms with Gasteiger partial charge in [-0.05, 0) is 43.3 Å². The van der Waals surface area contributed by atoms with Crippen molar-refractivity contribution in [1.82, 2.24) is 9.80 Å². The molecule has 1 aromatic heterocycles. The average molecular weight is 412 g/mol. The number of rotatable bonds is 5. The number of imide groups is 1. The Labute approximate surface area is 171 Å². The van der Waals surface area contributed by atoms with Gasteiger partial charge in [-0.15, -0.1) is 11.3 Å². The SMILES string of the molecule is CC(C(=O)OCC(=O)N1CCCC1c1cccs1)N1C(=O)c2ccccc2C1=O. The maximum Gasteiger partial charge on any atom is 0.329 e. The van der Waals surface area contributed by atoms with Crippen molar-refractivity contribution in [3.63, 3.8) is 0 Å². The van der Waals surface area contributed by atoms with Crippen molar-refractivity contribution in [2.75, 3.05) is 13.2 Å². The highest BCUT2D eigenvalue weighted by molar-refractivity contribution is 7.10. The molecule has 3 amide bonds. The highest BCUT2D eigenvalue weighted by Gasteiger charge is 2.41. The van der Waals surface area contributed by atoms with Crippen LogP contribution in [0, 0.1) is 0 Å². The Kier molecular flexibility index (Phi) is 5.19. The van der Waals surface area contributed by atoms with Gasteiger partial charge < -0.3 is 9.64 Å². The smallest absolute Gasteiger partial charge is 0.329 e. The molecule has 3 heterocycles. The molecule has 1 aromatic carbocycles. The molecule has 2 aliphatic rings. The van der Waals surface area contributed by atoms with E-state index in [4.69, 9.17) is 4.74 Å². The molecule has 2 aliphatic heterocycles. The molecule has 7 nitrogen and oxygen atoms in total. The number of hydrogen-bond donors (Lipinski definition) is 0. The standard InChI is InChI=1S/C21H20N2O5S/c1-13(23-19(25)14-6-2-3-7-15(14)20(23)26)21(27)28-12-18(24)22-10-4-8-16(22)17-9-5-11-29-17/h2-3,5-7,9,11,13,16H,4,8,10,12H2,1H3. The van der Waals surface area contributed by atoms with Gasteiger partial charge in [0.2, 0.25) is 0 Å². The van der Waals surface area contributed by atoms with Crippen LogP contribution in [0.2, 0.25) is 0 Å². The second-order valence-electron chi connectivity index (χ2n) is 7.07. The summed E-state index contributed by atoms with van der Waals surface area (Å²) in [6.45, 7) is 1.64. The first-order valence-electron chi connectivity index (χ1n) is 9.45. The van der Waals surface area contributed by atoms with Crippen LogP contribution in [-0.4, -0.2) is 52.7 Å². The van der Waals surface area contributed by atoms with Crippen LogP contribution in [-0.2, 0) is 14.3 Å². The summed E-state index contributed by atoms with van der Waals surface area (Å²) in [6.07, 6.45) is 1.78. The summed E-state index contributed by atoms with van der Waals surface area (Å²) in [4.78, 5) is 53.8. The molecule has 0 aliphatic carbocycles. The van der Waals surface area contributed by atoms with E-state index < -0.39 is 30.4 Å². The molecule has 1 saturated heterocycles. The van der Waals surface area contributed by atoms with Gasteiger partial charge in [-0.3, -0.25) is 19.3 Å². The fourth-order valence-electron chi connectivity index (χ4n) is 3.84. The topological polar surface area (TPSA) is 84.0 Å². The molecule has 0 radical (unpaired) electrons. The number of carbonyl (C=O) groups is 4. The van der Waals surface area contributed by atoms with Crippen molar-refractivity contribution >= 4 is 35.0 Å². The van der Waals surface area contributed by atoms with Crippen LogP contribution in [0.25, 0.3) is 0 Å². The number of carbonyl (C=O) groups excluding carboxylic acids is 4. The van der Waals surface area contributed by atoms with Gasteiger partial charge in [-0.25, -0.2) is 4.79 Å². The number of esters is 1. The summed E-state index contributed by atoms with van der Waals surface area (Å²) in [5.74, 6) is -2.11. The molecule has 8 heteroatoms. The number of fused-ring (bicyclic) bond motifs is 1. The average Bonchev–Trinajstić information content (AvgIpc) is 3.46. The first kappa shape index (κ1) is 19.3. The zero-order chi connectivity index (χ0) is 20.5. The quantitative estimate of drug-likeness (QED) is 0.557. The molecule has 1 fully saturated rings. The van der Waals surface area contributed by atoms with Crippen LogP contribution < -0.4 is 0 Å². The van der Waals surface area contributed by atoms with Crippen molar-refractivity contribution in [2.45, 2.75) is 31.8 Å². The molecule has 0 N–H and O–H groups in total. The highest BCUT2D eigenvalue weighted by atomic mass is 32.1. The number of ether oxygens (including phenoxy) is 1. The van der Waals surface area contributed by atoms with Crippen molar-refractivity contribution in [3.8, 4) is 0 Å². The molecular formula is C21H20N2O5S. The summed E-state index contributed by atoms with van der Waals surface area (Å²) >= 11 is 1.60. The van der Waals surface area contributed by atoms with E-state index in [2.05, 4.69) is 0 Å². The molecule has 29 heavy (non-hydrogen) atoms. The zero-order valence-electron chi connectivity index (χ0n) is 15.9. The minimum Gasteiger partial charge on any atom is -0.454 e. The van der Waals surface area contributed by atoms with E-state index in [0.717, 1.165) is 22.6 Å². The lowest BCUT2D eigenvalue weighted by Crippen LogP contribution is -2.44. The van der Waals surface area contributed by atoms with Crippen LogP contribution in [0.5, 0.6) is 0 Å². The third kappa shape index (κ3) is 3.44. The maximum absolute atomic E-state index is 12.6. The van der Waals surface area contributed by atoms with Crippen LogP contribution in [0.3, 0.4) is 0 Å². The molecule has 4 rings (SSSR count). The number of hydrogen-bond acceptors (Lipinski definition) is 6. The predicted octanol–water partition coefficient (Wildman–Crippen LogP) is 2.64. The van der Waals surface area contributed by atoms with E-state index in [9.17, 15) is 19.2 Å². The first-order chi connectivity index (χ1) is 14.0. The van der Waals surface area contributed by atoms with Crippen molar-refractivity contribution < 1.29 is 23.9 Å². The van der Waals surface area contributed by atoms with Crippen LogP contribution in [0.15, 0.2) is 41.8 Å². The van der Waals surface area contributed by atoms with Crippen molar-refractivity contribution in [3.05, 3.63) is 57.8 Å². The number of thiophene rings is 1. The zero-order valence-corrected chi connectivity index (χ0v) is 16.7. The van der Waals surface area contributed by atoms with Crippen LogP contribution >= 0.6 is 11.3 Å². The number of likely N-dealkylation sites (tertiary alicyclic amines) is 1. The molecule has 2 aromatic rings. The Morgan fingerprint density at radius 2 is 1.83 bits per heavy atom. The van der Waals surface area contributed by atoms with Gasteiger partial charge >= 0.3 is 5.97 Å². The fourth-order valence-corrected chi connectivity index (χ4v) is 4.72. The summed E-state index contributed by atoms with van der Waals surface area (Å²) in [5.41, 5.74) is 0.535. The third-order valence-electron chi connectivity index (χ3n) is 5.34. The second kappa shape index (κ2) is 7.79. The first-order valence-corrected chi connectivity index (χ1v) is 10.3. The number of nitrogens with zero attached hydrogens (tertiary/aromatic N) is 2. The Hall–Kier alpha value is -3.00. The van der Waals surface area contributed by atoms with E-state index in [0.29, 0.717) is 6.54 Å². The Balaban J connectivity index is 1.38. The number of amides is 3. The van der Waals surface area contributed by atoms with Crippen LogP contribution in [0.4, 0.5) is 0 Å². The van der Waals surface area contributed by atoms with Crippen molar-refractivity contribution in [2.24, 2.45) is 0 Å². The largest absolute Gasteiger partial charge is 0.454 e. The molecular weight excluding hydrogens is 392 g/mol. The van der Waals surface area contributed by atoms with Gasteiger partial charge in [0, 0.05) is 11.4 Å². The van der Waals surface area contributed by atoms with Gasteiger partial charge in [0.05, 0.1) is 17.2 Å². The van der Waals surface area contributed by atoms with E-state index in [1.165, 1.54) is 6.92 Å². The predicted molar refractivity (Wildman–Crippen MR) is 105 cm³/mol. The van der Waals surface area contributed by atoms with Gasteiger partial charge in [0.25, 0.3) is 17.7 Å². The lowest BCUT2D eigenvalue weighted by molar-refractivity contribution is -0.155. The molecule has 0 saturated carbocycles. The third-order valence-corrected chi connectivity index (χ3v) is 6.31. The Bertz CT molecular complexity index is 936. The maximum atomic E-state index is 12.6. The molecule has 150 valence electrons. The van der Waals surface area contributed by atoms with E-state index in [-0.39, 0.29) is 23.1 Å². The lowest BCUT2D eigenvalue weighted by atomic mass is 10.1. The summed E-state index contributed by atoms with van der Waals surface area (Å²) in [7, 11) is 0. The summed E-state index contributed by atoms with van der Waals surface area (Å²) in [5, 5.41) is 1.97. The van der Waals surface area contributed by atoms with E-state index >= 15 is 0 Å².